The number of nitrogens with two attached hydrogens (primary N) is 2. The van der Waals surface area contributed by atoms with Gasteiger partial charge in [0, 0.05) is 5.75 Å². The van der Waals surface area contributed by atoms with Gasteiger partial charge >= 0.3 is 0 Å². The topological polar surface area (TPSA) is 69.1 Å². The van der Waals surface area contributed by atoms with Crippen LogP contribution < -0.4 is 11.5 Å². The van der Waals surface area contributed by atoms with Crippen LogP contribution in [-0.2, 0) is 4.79 Å². The van der Waals surface area contributed by atoms with Crippen LogP contribution >= 0.6 is 12.6 Å². The highest BCUT2D eigenvalue weighted by Crippen LogP contribution is 1.77. The van der Waals surface area contributed by atoms with Crippen LogP contribution in [0.5, 0.6) is 0 Å². The molecule has 0 bridgehead atoms. The predicted octanol–water partition coefficient (Wildman–Crippen LogP) is -1.27. The molecule has 0 aromatic rings. The Hall–Kier alpha value is -0.220. The monoisotopic (exact) mass is 120 g/mol. The van der Waals surface area contributed by atoms with Gasteiger partial charge in [-0.05, 0) is 0 Å². The highest BCUT2D eigenvalue weighted by atomic mass is 32.1. The van der Waals surface area contributed by atoms with Crippen molar-refractivity contribution in [3.63, 3.8) is 0 Å². The van der Waals surface area contributed by atoms with Crippen LogP contribution in [0, 0.1) is 0 Å². The molecule has 0 aliphatic carbocycles. The van der Waals surface area contributed by atoms with Gasteiger partial charge in [0.1, 0.15) is 0 Å². The first-order valence-electron chi connectivity index (χ1n) is 1.84. The van der Waals surface area contributed by atoms with Crippen molar-refractivity contribution >= 4 is 18.5 Å². The summed E-state index contributed by atoms with van der Waals surface area (Å²) in [7, 11) is 0. The lowest BCUT2D eigenvalue weighted by Crippen LogP contribution is -2.37. The smallest absolute Gasteiger partial charge is 0.235 e. The molecule has 4 heteroatoms. The molecule has 42 valence electrons. The quantitative estimate of drug-likeness (QED) is 0.398. The average molecular weight is 120 g/mol. The first-order chi connectivity index (χ1) is 3.18. The maximum absolute atomic E-state index is 9.98. The Kier molecular flexibility index (Phi) is 2.78. The molecule has 0 fully saturated rings. The van der Waals surface area contributed by atoms with E-state index >= 15 is 0 Å². The first-order valence-corrected chi connectivity index (χ1v) is 2.47. The van der Waals surface area contributed by atoms with Crippen molar-refractivity contribution in [2.45, 2.75) is 6.04 Å². The summed E-state index contributed by atoms with van der Waals surface area (Å²) in [4.78, 5) is 9.98. The van der Waals surface area contributed by atoms with Crippen molar-refractivity contribution in [3.05, 3.63) is 0 Å². The molecule has 0 aromatic heterocycles. The molecule has 1 atom stereocenters. The summed E-state index contributed by atoms with van der Waals surface area (Å²) in [6, 6.07) is -0.594. The lowest BCUT2D eigenvalue weighted by Gasteiger charge is -1.98. The molecule has 0 rings (SSSR count). The third-order valence-electron chi connectivity index (χ3n) is 0.562. The van der Waals surface area contributed by atoms with Crippen molar-refractivity contribution < 1.29 is 4.79 Å². The number of amides is 1. The summed E-state index contributed by atoms with van der Waals surface area (Å²) < 4.78 is 0. The Morgan fingerprint density at radius 1 is 1.86 bits per heavy atom. The Morgan fingerprint density at radius 2 is 2.29 bits per heavy atom. The minimum Gasteiger partial charge on any atom is -0.368 e. The second-order valence-corrected chi connectivity index (χ2v) is 1.56. The number of carbonyl (C=O) groups is 1. The van der Waals surface area contributed by atoms with Gasteiger partial charge in [-0.15, -0.1) is 0 Å². The van der Waals surface area contributed by atoms with Crippen molar-refractivity contribution in [1.82, 2.24) is 0 Å². The van der Waals surface area contributed by atoms with Gasteiger partial charge in [0.2, 0.25) is 5.91 Å². The summed E-state index contributed by atoms with van der Waals surface area (Å²) in [6.07, 6.45) is 0. The van der Waals surface area contributed by atoms with Gasteiger partial charge in [0.15, 0.2) is 0 Å². The van der Waals surface area contributed by atoms with Gasteiger partial charge in [-0.2, -0.15) is 12.6 Å². The summed E-state index contributed by atoms with van der Waals surface area (Å²) in [5.74, 6) is -0.190. The van der Waals surface area contributed by atoms with Gasteiger partial charge in [-0.1, -0.05) is 0 Å². The second-order valence-electron chi connectivity index (χ2n) is 1.19. The molecule has 0 aliphatic heterocycles. The van der Waals surface area contributed by atoms with Gasteiger partial charge in [0.05, 0.1) is 6.04 Å². The Bertz CT molecular complexity index is 75.3. The van der Waals surface area contributed by atoms with Gasteiger partial charge in [-0.3, -0.25) is 4.79 Å². The molecule has 0 aromatic carbocycles. The molecular formula is C3H8N2OS. The highest BCUT2D eigenvalue weighted by molar-refractivity contribution is 7.80. The van der Waals surface area contributed by atoms with Crippen molar-refractivity contribution in [1.29, 1.82) is 0 Å². The summed E-state index contributed by atoms with van der Waals surface area (Å²) in [5.41, 5.74) is 9.80. The van der Waals surface area contributed by atoms with Crippen LogP contribution in [0.1, 0.15) is 0 Å². The second kappa shape index (κ2) is 2.87. The summed E-state index contributed by atoms with van der Waals surface area (Å²) in [5, 5.41) is 0. The van der Waals surface area contributed by atoms with Crippen LogP contribution in [0.15, 0.2) is 0 Å². The SMILES string of the molecule is NC(=O)[C@H](N)CS. The first kappa shape index (κ1) is 6.78. The molecule has 0 unspecified atom stereocenters. The van der Waals surface area contributed by atoms with Crippen LogP contribution in [0.2, 0.25) is 0 Å². The molecule has 0 radical (unpaired) electrons. The van der Waals surface area contributed by atoms with Gasteiger partial charge < -0.3 is 11.5 Å². The summed E-state index contributed by atoms with van der Waals surface area (Å²) >= 11 is 3.73. The minimum atomic E-state index is -0.594. The van der Waals surface area contributed by atoms with Gasteiger partial charge in [0.25, 0.3) is 0 Å². The van der Waals surface area contributed by atoms with Crippen LogP contribution in [0.3, 0.4) is 0 Å². The fourth-order valence-electron chi connectivity index (χ4n) is 0.0900. The van der Waals surface area contributed by atoms with E-state index in [0.717, 1.165) is 0 Å². The normalized spacial score (nSPS) is 13.4. The maximum Gasteiger partial charge on any atom is 0.235 e. The number of hydrogen-bond donors (Lipinski definition) is 3. The molecule has 0 saturated heterocycles. The zero-order valence-corrected chi connectivity index (χ0v) is 4.69. The molecule has 4 N–H and O–H groups in total. The number of carbonyl (C=O) groups excluding carboxylic acids is 1. The van der Waals surface area contributed by atoms with Crippen molar-refractivity contribution in [2.24, 2.45) is 11.5 Å². The predicted molar refractivity (Wildman–Crippen MR) is 31.0 cm³/mol. The van der Waals surface area contributed by atoms with E-state index in [1.54, 1.807) is 0 Å². The fourth-order valence-corrected chi connectivity index (χ4v) is 0.270. The standard InChI is InChI=1S/C3H8N2OS/c4-2(1-7)3(5)6/h2,7H,1,4H2,(H2,5,6)/t2-/m1/s1. The van der Waals surface area contributed by atoms with E-state index in [2.05, 4.69) is 12.6 Å². The molecule has 0 saturated carbocycles. The number of rotatable bonds is 2. The van der Waals surface area contributed by atoms with E-state index in [9.17, 15) is 4.79 Å². The molecule has 1 amide bonds. The van der Waals surface area contributed by atoms with E-state index in [1.807, 2.05) is 0 Å². The van der Waals surface area contributed by atoms with E-state index < -0.39 is 11.9 Å². The van der Waals surface area contributed by atoms with E-state index in [4.69, 9.17) is 11.5 Å². The lowest BCUT2D eigenvalue weighted by atomic mass is 10.4. The Labute approximate surface area is 47.5 Å². The van der Waals surface area contributed by atoms with Crippen LogP contribution in [0.25, 0.3) is 0 Å². The zero-order valence-electron chi connectivity index (χ0n) is 3.79. The van der Waals surface area contributed by atoms with E-state index in [0.29, 0.717) is 5.75 Å². The number of primary amides is 1. The molecule has 0 heterocycles. The lowest BCUT2D eigenvalue weighted by molar-refractivity contribution is -0.118. The van der Waals surface area contributed by atoms with Crippen molar-refractivity contribution in [3.8, 4) is 0 Å². The number of hydrogen-bond acceptors (Lipinski definition) is 3. The van der Waals surface area contributed by atoms with Crippen LogP contribution in [-0.4, -0.2) is 17.7 Å². The van der Waals surface area contributed by atoms with Crippen molar-refractivity contribution in [2.75, 3.05) is 5.75 Å². The third kappa shape index (κ3) is 2.47. The molecule has 0 spiro atoms. The summed E-state index contributed by atoms with van der Waals surface area (Å²) in [6.45, 7) is 0. The maximum atomic E-state index is 9.98. The Balaban J connectivity index is 3.34. The number of thiol groups is 1. The zero-order chi connectivity index (χ0) is 5.86. The molecule has 0 aliphatic rings. The van der Waals surface area contributed by atoms with E-state index in [1.165, 1.54) is 0 Å². The van der Waals surface area contributed by atoms with Crippen LogP contribution in [0.4, 0.5) is 0 Å². The Morgan fingerprint density at radius 3 is 2.29 bits per heavy atom. The molecule has 3 nitrogen and oxygen atoms in total. The third-order valence-corrected chi connectivity index (χ3v) is 0.956. The van der Waals surface area contributed by atoms with Gasteiger partial charge in [-0.25, -0.2) is 0 Å². The fraction of sp³-hybridized carbons (Fsp3) is 0.667. The van der Waals surface area contributed by atoms with E-state index in [-0.39, 0.29) is 0 Å². The average Bonchev–Trinajstić information content (AvgIpc) is 1.65. The highest BCUT2D eigenvalue weighted by Gasteiger charge is 2.03. The minimum absolute atomic E-state index is 0.315. The molecule has 7 heavy (non-hydrogen) atoms. The largest absolute Gasteiger partial charge is 0.368 e. The molecular weight excluding hydrogens is 112 g/mol.